The van der Waals surface area contributed by atoms with Gasteiger partial charge in [-0.25, -0.2) is 0 Å². The highest BCUT2D eigenvalue weighted by atomic mass is 16.5. The number of aliphatic hydroxyl groups excluding tert-OH is 1. The lowest BCUT2D eigenvalue weighted by Crippen LogP contribution is -2.55. The number of nitrogens with one attached hydrogen (secondary N) is 1. The van der Waals surface area contributed by atoms with Crippen molar-refractivity contribution in [2.45, 2.75) is 18.8 Å². The van der Waals surface area contributed by atoms with Gasteiger partial charge >= 0.3 is 0 Å². The van der Waals surface area contributed by atoms with E-state index in [0.29, 0.717) is 29.3 Å². The predicted molar refractivity (Wildman–Crippen MR) is 109 cm³/mol. The van der Waals surface area contributed by atoms with Crippen LogP contribution in [0, 0.1) is 11.3 Å². The van der Waals surface area contributed by atoms with Gasteiger partial charge in [0.1, 0.15) is 5.84 Å². The third-order valence-corrected chi connectivity index (χ3v) is 5.03. The molecule has 2 aromatic carbocycles. The minimum absolute atomic E-state index is 0.146. The van der Waals surface area contributed by atoms with Gasteiger partial charge in [0.25, 0.3) is 11.8 Å². The third kappa shape index (κ3) is 3.61. The van der Waals surface area contributed by atoms with Crippen molar-refractivity contribution in [3.63, 3.8) is 0 Å². The number of carbonyl (C=O) groups is 2. The van der Waals surface area contributed by atoms with Crippen LogP contribution in [-0.4, -0.2) is 48.1 Å². The van der Waals surface area contributed by atoms with Crippen LogP contribution in [0.4, 0.5) is 11.4 Å². The Labute approximate surface area is 172 Å². The summed E-state index contributed by atoms with van der Waals surface area (Å²) in [4.78, 5) is 31.0. The normalized spacial score (nSPS) is 18.9. The number of hydrogen-bond donors (Lipinski definition) is 3. The fraction of sp³-hybridized carbons (Fsp3) is 0.238. The highest BCUT2D eigenvalue weighted by Crippen LogP contribution is 2.24. The molecular weight excluding hydrogens is 386 g/mol. The predicted octanol–water partition coefficient (Wildman–Crippen LogP) is 0.509. The Morgan fingerprint density at radius 1 is 1.37 bits per heavy atom. The molecule has 2 amide bonds. The number of ether oxygens (including phenoxy) is 1. The van der Waals surface area contributed by atoms with E-state index in [2.05, 4.69) is 10.3 Å². The number of nitrogens with two attached hydrogens (primary N) is 1. The molecule has 1 saturated heterocycles. The van der Waals surface area contributed by atoms with E-state index < -0.39 is 24.0 Å². The number of fused-ring (bicyclic) bond motifs is 1. The van der Waals surface area contributed by atoms with E-state index in [-0.39, 0.29) is 13.2 Å². The lowest BCUT2D eigenvalue weighted by Gasteiger charge is -2.34. The van der Waals surface area contributed by atoms with Gasteiger partial charge in [0.05, 0.1) is 24.8 Å². The molecule has 0 saturated carbocycles. The second kappa shape index (κ2) is 7.94. The van der Waals surface area contributed by atoms with Crippen molar-refractivity contribution in [2.24, 2.45) is 10.7 Å². The summed E-state index contributed by atoms with van der Waals surface area (Å²) >= 11 is 0. The lowest BCUT2D eigenvalue weighted by atomic mass is 10.1. The zero-order valence-electron chi connectivity index (χ0n) is 15.9. The van der Waals surface area contributed by atoms with Gasteiger partial charge in [0.15, 0.2) is 12.2 Å². The number of hydrogen-bond acceptors (Lipinski definition) is 7. The monoisotopic (exact) mass is 405 g/mol. The Hall–Kier alpha value is -3.74. The summed E-state index contributed by atoms with van der Waals surface area (Å²) in [5, 5.41) is 22.2. The summed E-state index contributed by atoms with van der Waals surface area (Å²) in [6.45, 7) is 0.826. The van der Waals surface area contributed by atoms with Crippen LogP contribution in [0.1, 0.15) is 16.7 Å². The Balaban J connectivity index is 1.47. The number of aliphatic imine (C=N–C) groups is 1. The zero-order valence-corrected chi connectivity index (χ0v) is 15.9. The molecule has 0 spiro atoms. The number of rotatable bonds is 4. The van der Waals surface area contributed by atoms with E-state index in [1.54, 1.807) is 42.5 Å². The van der Waals surface area contributed by atoms with Crippen LogP contribution in [0.5, 0.6) is 0 Å². The van der Waals surface area contributed by atoms with E-state index in [1.807, 2.05) is 6.07 Å². The van der Waals surface area contributed by atoms with Crippen LogP contribution in [0.2, 0.25) is 0 Å². The maximum absolute atomic E-state index is 12.9. The molecule has 2 unspecified atom stereocenters. The van der Waals surface area contributed by atoms with Crippen LogP contribution in [-0.2, 0) is 20.9 Å². The van der Waals surface area contributed by atoms with E-state index in [9.17, 15) is 14.7 Å². The molecule has 2 aliphatic rings. The smallest absolute Gasteiger partial charge is 0.259 e. The van der Waals surface area contributed by atoms with Crippen LogP contribution < -0.4 is 16.0 Å². The first-order chi connectivity index (χ1) is 14.5. The number of amidine groups is 1. The maximum Gasteiger partial charge on any atom is 0.259 e. The summed E-state index contributed by atoms with van der Waals surface area (Å²) < 4.78 is 5.41. The van der Waals surface area contributed by atoms with Crippen molar-refractivity contribution >= 4 is 29.0 Å². The molecule has 4 N–H and O–H groups in total. The standard InChI is InChI=1S/C21H19N5O4/c22-10-12-2-1-3-15(8-12)26-6-7-30-18(21(26)29)17(27)20(28)25-14-4-5-16-13(9-14)11-24-19(16)23/h1-5,8-9,17-18,27H,6-7,11H2,(H2,23,24)(H,25,28). The van der Waals surface area contributed by atoms with Crippen LogP contribution >= 0.6 is 0 Å². The van der Waals surface area contributed by atoms with E-state index in [1.165, 1.54) is 4.90 Å². The first-order valence-electron chi connectivity index (χ1n) is 9.33. The topological polar surface area (TPSA) is 141 Å². The van der Waals surface area contributed by atoms with Crippen molar-refractivity contribution in [1.29, 1.82) is 5.26 Å². The minimum atomic E-state index is -1.70. The maximum atomic E-state index is 12.9. The van der Waals surface area contributed by atoms with Crippen molar-refractivity contribution in [1.82, 2.24) is 0 Å². The Bertz CT molecular complexity index is 1090. The van der Waals surface area contributed by atoms with Gasteiger partial charge in [-0.15, -0.1) is 0 Å². The Kier molecular flexibility index (Phi) is 5.18. The average molecular weight is 405 g/mol. The van der Waals surface area contributed by atoms with Crippen molar-refractivity contribution in [3.8, 4) is 6.07 Å². The second-order valence-corrected chi connectivity index (χ2v) is 6.95. The van der Waals surface area contributed by atoms with Gasteiger partial charge in [-0.05, 0) is 42.0 Å². The lowest BCUT2D eigenvalue weighted by molar-refractivity contribution is -0.150. The molecule has 0 radical (unpaired) electrons. The fourth-order valence-electron chi connectivity index (χ4n) is 3.49. The summed E-state index contributed by atoms with van der Waals surface area (Å²) in [5.74, 6) is -0.855. The number of benzene rings is 2. The second-order valence-electron chi connectivity index (χ2n) is 6.95. The van der Waals surface area contributed by atoms with Crippen molar-refractivity contribution in [3.05, 3.63) is 59.2 Å². The highest BCUT2D eigenvalue weighted by Gasteiger charge is 2.39. The highest BCUT2D eigenvalue weighted by molar-refractivity contribution is 6.05. The van der Waals surface area contributed by atoms with Crippen LogP contribution in [0.25, 0.3) is 0 Å². The Morgan fingerprint density at radius 2 is 2.20 bits per heavy atom. The van der Waals surface area contributed by atoms with Gasteiger partial charge in [-0.2, -0.15) is 5.26 Å². The molecule has 2 aromatic rings. The summed E-state index contributed by atoms with van der Waals surface area (Å²) in [7, 11) is 0. The number of amides is 2. The van der Waals surface area contributed by atoms with E-state index >= 15 is 0 Å². The van der Waals surface area contributed by atoms with Gasteiger partial charge in [0, 0.05) is 23.5 Å². The molecule has 2 atom stereocenters. The first kappa shape index (κ1) is 19.6. The third-order valence-electron chi connectivity index (χ3n) is 5.03. The molecule has 0 bridgehead atoms. The van der Waals surface area contributed by atoms with Crippen LogP contribution in [0.3, 0.4) is 0 Å². The SMILES string of the molecule is N#Cc1cccc(N2CCOC(C(O)C(=O)Nc3ccc4c(c3)CN=C4N)C2=O)c1. The molecule has 0 aliphatic carbocycles. The van der Waals surface area contributed by atoms with Crippen molar-refractivity contribution < 1.29 is 19.4 Å². The molecule has 0 aromatic heterocycles. The van der Waals surface area contributed by atoms with E-state index in [0.717, 1.165) is 11.1 Å². The van der Waals surface area contributed by atoms with Gasteiger partial charge in [-0.3, -0.25) is 14.6 Å². The number of nitriles is 1. The Morgan fingerprint density at radius 3 is 3.00 bits per heavy atom. The summed E-state index contributed by atoms with van der Waals surface area (Å²) in [6.07, 6.45) is -3.05. The number of nitrogens with zero attached hydrogens (tertiary/aromatic N) is 3. The molecule has 2 aliphatic heterocycles. The molecule has 4 rings (SSSR count). The molecule has 9 heteroatoms. The number of anilines is 2. The number of morpholine rings is 1. The minimum Gasteiger partial charge on any atom is -0.383 e. The quantitative estimate of drug-likeness (QED) is 0.677. The van der Waals surface area contributed by atoms with Crippen molar-refractivity contribution in [2.75, 3.05) is 23.4 Å². The van der Waals surface area contributed by atoms with E-state index in [4.69, 9.17) is 15.7 Å². The zero-order chi connectivity index (χ0) is 21.3. The van der Waals surface area contributed by atoms with Gasteiger partial charge < -0.3 is 25.8 Å². The molecule has 152 valence electrons. The summed E-state index contributed by atoms with van der Waals surface area (Å²) in [6, 6.07) is 13.7. The van der Waals surface area contributed by atoms with Gasteiger partial charge in [-0.1, -0.05) is 6.07 Å². The molecule has 30 heavy (non-hydrogen) atoms. The first-order valence-corrected chi connectivity index (χ1v) is 9.33. The largest absolute Gasteiger partial charge is 0.383 e. The molecule has 9 nitrogen and oxygen atoms in total. The fourth-order valence-corrected chi connectivity index (χ4v) is 3.49. The number of aliphatic hydroxyl groups is 1. The van der Waals surface area contributed by atoms with Gasteiger partial charge in [0.2, 0.25) is 0 Å². The summed E-state index contributed by atoms with van der Waals surface area (Å²) in [5.41, 5.74) is 8.85. The number of carbonyl (C=O) groups excluding carboxylic acids is 2. The average Bonchev–Trinajstić information content (AvgIpc) is 3.13. The molecule has 2 heterocycles. The van der Waals surface area contributed by atoms with Crippen LogP contribution in [0.15, 0.2) is 47.5 Å². The molecule has 1 fully saturated rings. The molecular formula is C21H19N5O4.